The summed E-state index contributed by atoms with van der Waals surface area (Å²) in [6.45, 7) is 8.31. The van der Waals surface area contributed by atoms with Gasteiger partial charge < -0.3 is 14.8 Å². The molecule has 0 aliphatic heterocycles. The number of nitrogens with one attached hydrogen (secondary N) is 1. The normalized spacial score (nSPS) is 12.5. The van der Waals surface area contributed by atoms with Crippen LogP contribution in [0.4, 0.5) is 0 Å². The van der Waals surface area contributed by atoms with Crippen LogP contribution in [-0.4, -0.2) is 26.3 Å². The zero-order valence-electron chi connectivity index (χ0n) is 12.6. The molecule has 0 fully saturated rings. The second-order valence-electron chi connectivity index (χ2n) is 5.35. The number of ether oxygens (including phenoxy) is 2. The van der Waals surface area contributed by atoms with Crippen LogP contribution >= 0.6 is 0 Å². The Bertz CT molecular complexity index is 352. The Hall–Kier alpha value is -1.22. The first-order valence-electron chi connectivity index (χ1n) is 7.12. The van der Waals surface area contributed by atoms with Gasteiger partial charge in [-0.3, -0.25) is 0 Å². The summed E-state index contributed by atoms with van der Waals surface area (Å²) in [6, 6.07) is 8.26. The van der Waals surface area contributed by atoms with E-state index in [-0.39, 0.29) is 0 Å². The molecule has 0 saturated heterocycles. The molecule has 0 heterocycles. The Morgan fingerprint density at radius 2 is 1.84 bits per heavy atom. The Morgan fingerprint density at radius 3 is 2.53 bits per heavy atom. The van der Waals surface area contributed by atoms with Gasteiger partial charge in [0.15, 0.2) is 0 Å². The van der Waals surface area contributed by atoms with E-state index in [1.54, 1.807) is 7.11 Å². The minimum absolute atomic E-state index is 0.552. The average Bonchev–Trinajstić information content (AvgIpc) is 2.41. The summed E-state index contributed by atoms with van der Waals surface area (Å²) in [5.41, 5.74) is 0. The van der Waals surface area contributed by atoms with Crippen molar-refractivity contribution in [3.05, 3.63) is 24.3 Å². The molecule has 1 aromatic carbocycles. The number of hydrogen-bond donors (Lipinski definition) is 1. The molecule has 1 N–H and O–H groups in total. The first-order valence-corrected chi connectivity index (χ1v) is 7.12. The highest BCUT2D eigenvalue weighted by Crippen LogP contribution is 2.18. The molecule has 19 heavy (non-hydrogen) atoms. The largest absolute Gasteiger partial charge is 0.497 e. The van der Waals surface area contributed by atoms with E-state index in [1.165, 1.54) is 12.8 Å². The molecule has 1 unspecified atom stereocenters. The van der Waals surface area contributed by atoms with E-state index >= 15 is 0 Å². The maximum absolute atomic E-state index is 5.68. The minimum atomic E-state index is 0.552. The van der Waals surface area contributed by atoms with E-state index in [0.717, 1.165) is 24.0 Å². The highest BCUT2D eigenvalue weighted by Gasteiger charge is 2.03. The summed E-state index contributed by atoms with van der Waals surface area (Å²) in [4.78, 5) is 0. The lowest BCUT2D eigenvalue weighted by Gasteiger charge is -2.15. The molecular weight excluding hydrogens is 238 g/mol. The fraction of sp³-hybridized carbons (Fsp3) is 0.625. The Morgan fingerprint density at radius 1 is 1.11 bits per heavy atom. The second kappa shape index (κ2) is 8.81. The maximum Gasteiger partial charge on any atom is 0.123 e. The van der Waals surface area contributed by atoms with Crippen molar-refractivity contribution >= 4 is 0 Å². The van der Waals surface area contributed by atoms with Crippen LogP contribution in [0.3, 0.4) is 0 Å². The first-order chi connectivity index (χ1) is 9.11. The van der Waals surface area contributed by atoms with Gasteiger partial charge in [-0.2, -0.15) is 0 Å². The third-order valence-corrected chi connectivity index (χ3v) is 3.08. The third-order valence-electron chi connectivity index (χ3n) is 3.08. The van der Waals surface area contributed by atoms with Crippen molar-refractivity contribution in [2.75, 3.05) is 20.3 Å². The molecule has 1 rings (SSSR count). The summed E-state index contributed by atoms with van der Waals surface area (Å²) in [5, 5.41) is 3.48. The quantitative estimate of drug-likeness (QED) is 0.693. The minimum Gasteiger partial charge on any atom is -0.497 e. The fourth-order valence-corrected chi connectivity index (χ4v) is 1.85. The van der Waals surface area contributed by atoms with Crippen LogP contribution in [0.5, 0.6) is 11.5 Å². The van der Waals surface area contributed by atoms with Crippen LogP contribution in [0.25, 0.3) is 0 Å². The summed E-state index contributed by atoms with van der Waals surface area (Å²) in [5.74, 6) is 2.46. The van der Waals surface area contributed by atoms with E-state index in [2.05, 4.69) is 26.1 Å². The molecule has 3 nitrogen and oxygen atoms in total. The van der Waals surface area contributed by atoms with Gasteiger partial charge in [-0.15, -0.1) is 0 Å². The van der Waals surface area contributed by atoms with Gasteiger partial charge in [0.2, 0.25) is 0 Å². The lowest BCUT2D eigenvalue weighted by atomic mass is 10.0. The zero-order chi connectivity index (χ0) is 14.1. The van der Waals surface area contributed by atoms with E-state index < -0.39 is 0 Å². The van der Waals surface area contributed by atoms with Crippen molar-refractivity contribution in [3.63, 3.8) is 0 Å². The average molecular weight is 265 g/mol. The molecule has 0 aromatic heterocycles. The van der Waals surface area contributed by atoms with Gasteiger partial charge in [-0.25, -0.2) is 0 Å². The van der Waals surface area contributed by atoms with Crippen molar-refractivity contribution in [1.82, 2.24) is 5.32 Å². The van der Waals surface area contributed by atoms with Gasteiger partial charge in [0.1, 0.15) is 18.1 Å². The van der Waals surface area contributed by atoms with E-state index in [1.807, 2.05) is 24.3 Å². The van der Waals surface area contributed by atoms with Gasteiger partial charge >= 0.3 is 0 Å². The van der Waals surface area contributed by atoms with Crippen molar-refractivity contribution in [2.24, 2.45) is 5.92 Å². The fourth-order valence-electron chi connectivity index (χ4n) is 1.85. The molecule has 3 heteroatoms. The van der Waals surface area contributed by atoms with Gasteiger partial charge in [0, 0.05) is 18.7 Å². The van der Waals surface area contributed by atoms with E-state index in [0.29, 0.717) is 12.6 Å². The predicted octanol–water partition coefficient (Wildman–Crippen LogP) is 3.49. The Balaban J connectivity index is 2.16. The van der Waals surface area contributed by atoms with Crippen molar-refractivity contribution in [1.29, 1.82) is 0 Å². The predicted molar refractivity (Wildman–Crippen MR) is 80.0 cm³/mol. The lowest BCUT2D eigenvalue weighted by molar-refractivity contribution is 0.301. The highest BCUT2D eigenvalue weighted by atomic mass is 16.5. The number of benzene rings is 1. The van der Waals surface area contributed by atoms with Crippen LogP contribution in [-0.2, 0) is 0 Å². The molecule has 0 radical (unpaired) electrons. The molecule has 0 aliphatic carbocycles. The standard InChI is InChI=1S/C16H27NO2/c1-13(2)8-9-14(3)17-10-11-19-16-7-5-6-15(12-16)18-4/h5-7,12-14,17H,8-11H2,1-4H3. The smallest absolute Gasteiger partial charge is 0.123 e. The monoisotopic (exact) mass is 265 g/mol. The second-order valence-corrected chi connectivity index (χ2v) is 5.35. The summed E-state index contributed by atoms with van der Waals surface area (Å²) in [6.07, 6.45) is 2.49. The zero-order valence-corrected chi connectivity index (χ0v) is 12.6. The molecule has 0 aliphatic rings. The van der Waals surface area contributed by atoms with E-state index in [9.17, 15) is 0 Å². The molecular formula is C16H27NO2. The van der Waals surface area contributed by atoms with Crippen LogP contribution in [0.2, 0.25) is 0 Å². The van der Waals surface area contributed by atoms with Gasteiger partial charge in [0.25, 0.3) is 0 Å². The third kappa shape index (κ3) is 7.06. The molecule has 1 atom stereocenters. The van der Waals surface area contributed by atoms with Crippen LogP contribution in [0, 0.1) is 5.92 Å². The summed E-state index contributed by atoms with van der Waals surface area (Å²) >= 11 is 0. The first kappa shape index (κ1) is 15.8. The summed E-state index contributed by atoms with van der Waals surface area (Å²) < 4.78 is 10.8. The number of rotatable bonds is 9. The Labute approximate surface area is 117 Å². The molecule has 0 amide bonds. The van der Waals surface area contributed by atoms with Crippen molar-refractivity contribution < 1.29 is 9.47 Å². The van der Waals surface area contributed by atoms with E-state index in [4.69, 9.17) is 9.47 Å². The molecule has 108 valence electrons. The van der Waals surface area contributed by atoms with Crippen molar-refractivity contribution in [2.45, 2.75) is 39.7 Å². The van der Waals surface area contributed by atoms with Crippen LogP contribution < -0.4 is 14.8 Å². The number of hydrogen-bond acceptors (Lipinski definition) is 3. The lowest BCUT2D eigenvalue weighted by Crippen LogP contribution is -2.30. The maximum atomic E-state index is 5.68. The molecule has 0 bridgehead atoms. The van der Waals surface area contributed by atoms with Crippen molar-refractivity contribution in [3.8, 4) is 11.5 Å². The Kier molecular flexibility index (Phi) is 7.34. The SMILES string of the molecule is COc1cccc(OCCNC(C)CCC(C)C)c1. The van der Waals surface area contributed by atoms with Gasteiger partial charge in [-0.1, -0.05) is 19.9 Å². The molecule has 1 aromatic rings. The highest BCUT2D eigenvalue weighted by molar-refractivity contribution is 5.32. The molecule has 0 spiro atoms. The molecule has 0 saturated carbocycles. The number of methoxy groups -OCH3 is 1. The summed E-state index contributed by atoms with van der Waals surface area (Å²) in [7, 11) is 1.66. The van der Waals surface area contributed by atoms with Gasteiger partial charge in [0.05, 0.1) is 7.11 Å². The van der Waals surface area contributed by atoms with Gasteiger partial charge in [-0.05, 0) is 37.8 Å². The topological polar surface area (TPSA) is 30.5 Å². The van der Waals surface area contributed by atoms with Crippen LogP contribution in [0.1, 0.15) is 33.6 Å². The van der Waals surface area contributed by atoms with Crippen LogP contribution in [0.15, 0.2) is 24.3 Å².